The first-order valence-electron chi connectivity index (χ1n) is 9.35. The molecular formula is C22H21N3O3S. The number of thiazole rings is 1. The number of benzene rings is 2. The van der Waals surface area contributed by atoms with Gasteiger partial charge in [-0.2, -0.15) is 0 Å². The molecule has 1 amide bonds. The molecule has 2 aromatic heterocycles. The van der Waals surface area contributed by atoms with Crippen molar-refractivity contribution in [3.8, 4) is 22.8 Å². The molecule has 0 saturated heterocycles. The molecule has 0 aliphatic carbocycles. The molecule has 1 unspecified atom stereocenters. The van der Waals surface area contributed by atoms with Crippen molar-refractivity contribution in [3.05, 3.63) is 66.3 Å². The number of nitrogens with one attached hydrogen (secondary N) is 1. The predicted octanol–water partition coefficient (Wildman–Crippen LogP) is 4.87. The second kappa shape index (κ2) is 8.36. The summed E-state index contributed by atoms with van der Waals surface area (Å²) in [5.41, 5.74) is 2.61. The average molecular weight is 407 g/mol. The van der Waals surface area contributed by atoms with E-state index in [0.717, 1.165) is 16.2 Å². The lowest BCUT2D eigenvalue weighted by molar-refractivity contribution is -0.122. The van der Waals surface area contributed by atoms with Gasteiger partial charge in [-0.3, -0.25) is 9.20 Å². The number of fused-ring (bicyclic) bond motifs is 1. The zero-order valence-corrected chi connectivity index (χ0v) is 17.0. The van der Waals surface area contributed by atoms with Crippen LogP contribution in [0.2, 0.25) is 0 Å². The second-order valence-corrected chi connectivity index (χ2v) is 7.33. The molecule has 148 valence electrons. The molecule has 0 bridgehead atoms. The van der Waals surface area contributed by atoms with Crippen LogP contribution in [-0.4, -0.2) is 28.0 Å². The van der Waals surface area contributed by atoms with Gasteiger partial charge in [-0.05, 0) is 38.1 Å². The zero-order valence-electron chi connectivity index (χ0n) is 16.2. The summed E-state index contributed by atoms with van der Waals surface area (Å²) in [4.78, 5) is 18.0. The van der Waals surface area contributed by atoms with E-state index in [-0.39, 0.29) is 5.91 Å². The van der Waals surface area contributed by atoms with Crippen LogP contribution in [0, 0.1) is 0 Å². The SMILES string of the molecule is CCOc1cccc(OC(C)C(=O)Nc2ccc(-c3cn4ccsc4n3)cc2)c1. The van der Waals surface area contributed by atoms with Crippen LogP contribution in [-0.2, 0) is 4.79 Å². The van der Waals surface area contributed by atoms with E-state index >= 15 is 0 Å². The minimum atomic E-state index is -0.647. The molecule has 0 aliphatic heterocycles. The molecular weight excluding hydrogens is 386 g/mol. The molecule has 0 saturated carbocycles. The van der Waals surface area contributed by atoms with Crippen LogP contribution < -0.4 is 14.8 Å². The number of imidazole rings is 1. The Morgan fingerprint density at radius 1 is 1.21 bits per heavy atom. The van der Waals surface area contributed by atoms with Crippen molar-refractivity contribution in [1.82, 2.24) is 9.38 Å². The van der Waals surface area contributed by atoms with Crippen LogP contribution >= 0.6 is 11.3 Å². The molecule has 1 atom stereocenters. The van der Waals surface area contributed by atoms with Crippen molar-refractivity contribution in [2.75, 3.05) is 11.9 Å². The first-order chi connectivity index (χ1) is 14.1. The minimum absolute atomic E-state index is 0.220. The number of nitrogens with zero attached hydrogens (tertiary/aromatic N) is 2. The van der Waals surface area contributed by atoms with E-state index in [0.29, 0.717) is 23.8 Å². The van der Waals surface area contributed by atoms with Crippen molar-refractivity contribution >= 4 is 27.9 Å². The molecule has 2 heterocycles. The number of amides is 1. The highest BCUT2D eigenvalue weighted by Gasteiger charge is 2.15. The molecule has 4 aromatic rings. The summed E-state index contributed by atoms with van der Waals surface area (Å²) < 4.78 is 13.2. The van der Waals surface area contributed by atoms with Gasteiger partial charge < -0.3 is 14.8 Å². The van der Waals surface area contributed by atoms with Gasteiger partial charge in [-0.1, -0.05) is 18.2 Å². The van der Waals surface area contributed by atoms with Gasteiger partial charge in [0.1, 0.15) is 11.5 Å². The van der Waals surface area contributed by atoms with Gasteiger partial charge >= 0.3 is 0 Å². The molecule has 4 rings (SSSR count). The van der Waals surface area contributed by atoms with Gasteiger partial charge in [0.25, 0.3) is 5.91 Å². The molecule has 0 spiro atoms. The molecule has 6 nitrogen and oxygen atoms in total. The standard InChI is InChI=1S/C22H21N3O3S/c1-3-27-18-5-4-6-19(13-18)28-15(2)21(26)23-17-9-7-16(8-10-17)20-14-25-11-12-29-22(25)24-20/h4-15H,3H2,1-2H3,(H,23,26). The van der Waals surface area contributed by atoms with Crippen LogP contribution in [0.5, 0.6) is 11.5 Å². The summed E-state index contributed by atoms with van der Waals surface area (Å²) in [6, 6.07) is 14.9. The minimum Gasteiger partial charge on any atom is -0.494 e. The number of carbonyl (C=O) groups is 1. The Kier molecular flexibility index (Phi) is 5.48. The normalized spacial score (nSPS) is 11.9. The fourth-order valence-corrected chi connectivity index (χ4v) is 3.60. The molecule has 2 aromatic carbocycles. The lowest BCUT2D eigenvalue weighted by Gasteiger charge is -2.15. The van der Waals surface area contributed by atoms with E-state index in [1.54, 1.807) is 30.4 Å². The third kappa shape index (κ3) is 4.41. The molecule has 7 heteroatoms. The molecule has 0 aliphatic rings. The summed E-state index contributed by atoms with van der Waals surface area (Å²) in [7, 11) is 0. The van der Waals surface area contributed by atoms with Crippen LogP contribution in [0.1, 0.15) is 13.8 Å². The highest BCUT2D eigenvalue weighted by atomic mass is 32.1. The highest BCUT2D eigenvalue weighted by Crippen LogP contribution is 2.24. The first kappa shape index (κ1) is 19.0. The molecule has 0 fully saturated rings. The topological polar surface area (TPSA) is 64.9 Å². The Morgan fingerprint density at radius 2 is 2.00 bits per heavy atom. The summed E-state index contributed by atoms with van der Waals surface area (Å²) >= 11 is 1.59. The van der Waals surface area contributed by atoms with Gasteiger partial charge in [0.15, 0.2) is 11.1 Å². The smallest absolute Gasteiger partial charge is 0.265 e. The first-order valence-corrected chi connectivity index (χ1v) is 10.2. The van der Waals surface area contributed by atoms with E-state index < -0.39 is 6.10 Å². The van der Waals surface area contributed by atoms with Crippen molar-refractivity contribution < 1.29 is 14.3 Å². The van der Waals surface area contributed by atoms with Gasteiger partial charge in [-0.25, -0.2) is 4.98 Å². The second-order valence-electron chi connectivity index (χ2n) is 6.45. The number of hydrogen-bond donors (Lipinski definition) is 1. The highest BCUT2D eigenvalue weighted by molar-refractivity contribution is 7.15. The van der Waals surface area contributed by atoms with Gasteiger partial charge in [0, 0.05) is 35.1 Å². The van der Waals surface area contributed by atoms with E-state index in [4.69, 9.17) is 9.47 Å². The van der Waals surface area contributed by atoms with Crippen LogP contribution in [0.4, 0.5) is 5.69 Å². The molecule has 1 N–H and O–H groups in total. The molecule has 29 heavy (non-hydrogen) atoms. The average Bonchev–Trinajstić information content (AvgIpc) is 3.31. The number of carbonyl (C=O) groups excluding carboxylic acids is 1. The maximum absolute atomic E-state index is 12.5. The fraction of sp³-hybridized carbons (Fsp3) is 0.182. The Labute approximate surface area is 172 Å². The van der Waals surface area contributed by atoms with E-state index in [9.17, 15) is 4.79 Å². The lowest BCUT2D eigenvalue weighted by atomic mass is 10.1. The van der Waals surface area contributed by atoms with Crippen LogP contribution in [0.25, 0.3) is 16.2 Å². The summed E-state index contributed by atoms with van der Waals surface area (Å²) in [5.74, 6) is 1.09. The Hall–Kier alpha value is -3.32. The number of aromatic nitrogens is 2. The largest absolute Gasteiger partial charge is 0.494 e. The fourth-order valence-electron chi connectivity index (χ4n) is 2.90. The van der Waals surface area contributed by atoms with Gasteiger partial charge in [0.05, 0.1) is 12.3 Å². The lowest BCUT2D eigenvalue weighted by Crippen LogP contribution is -2.30. The quantitative estimate of drug-likeness (QED) is 0.475. The Balaban J connectivity index is 1.38. The van der Waals surface area contributed by atoms with Crippen molar-refractivity contribution in [1.29, 1.82) is 0 Å². The zero-order chi connectivity index (χ0) is 20.2. The molecule has 0 radical (unpaired) electrons. The van der Waals surface area contributed by atoms with Gasteiger partial charge in [0.2, 0.25) is 0 Å². The number of rotatable bonds is 7. The Bertz CT molecular complexity index is 1090. The van der Waals surface area contributed by atoms with Crippen molar-refractivity contribution in [2.45, 2.75) is 20.0 Å². The van der Waals surface area contributed by atoms with Gasteiger partial charge in [-0.15, -0.1) is 11.3 Å². The number of anilines is 1. The van der Waals surface area contributed by atoms with Crippen LogP contribution in [0.15, 0.2) is 66.3 Å². The summed E-state index contributed by atoms with van der Waals surface area (Å²) in [5, 5.41) is 4.88. The predicted molar refractivity (Wildman–Crippen MR) is 115 cm³/mol. The van der Waals surface area contributed by atoms with E-state index in [1.165, 1.54) is 0 Å². The number of hydrogen-bond acceptors (Lipinski definition) is 5. The van der Waals surface area contributed by atoms with Crippen molar-refractivity contribution in [3.63, 3.8) is 0 Å². The van der Waals surface area contributed by atoms with E-state index in [2.05, 4.69) is 10.3 Å². The summed E-state index contributed by atoms with van der Waals surface area (Å²) in [6.45, 7) is 4.21. The maximum Gasteiger partial charge on any atom is 0.265 e. The van der Waals surface area contributed by atoms with E-state index in [1.807, 2.05) is 65.5 Å². The monoisotopic (exact) mass is 407 g/mol. The van der Waals surface area contributed by atoms with Crippen LogP contribution in [0.3, 0.4) is 0 Å². The maximum atomic E-state index is 12.5. The summed E-state index contributed by atoms with van der Waals surface area (Å²) in [6.07, 6.45) is 3.33. The third-order valence-electron chi connectivity index (χ3n) is 4.34. The third-order valence-corrected chi connectivity index (χ3v) is 5.11. The number of ether oxygens (including phenoxy) is 2. The van der Waals surface area contributed by atoms with Crippen molar-refractivity contribution in [2.24, 2.45) is 0 Å². The Morgan fingerprint density at radius 3 is 2.76 bits per heavy atom.